The van der Waals surface area contributed by atoms with E-state index in [2.05, 4.69) is 25.1 Å². The zero-order valence-corrected chi connectivity index (χ0v) is 7.86. The van der Waals surface area contributed by atoms with Crippen LogP contribution in [-0.4, -0.2) is 6.29 Å². The Kier molecular flexibility index (Phi) is 2.17. The fraction of sp³-hybridized carbons (Fsp3) is 0.417. The molecule has 0 aromatic heterocycles. The Balaban J connectivity index is 2.25. The fourth-order valence-corrected chi connectivity index (χ4v) is 2.08. The lowest BCUT2D eigenvalue weighted by Gasteiger charge is -2.33. The lowest BCUT2D eigenvalue weighted by molar-refractivity contribution is -0.113. The van der Waals surface area contributed by atoms with Crippen LogP contribution >= 0.6 is 0 Å². The molecule has 1 aliphatic rings. The number of aryl methyl sites for hydroxylation is 1. The molecule has 0 saturated heterocycles. The highest BCUT2D eigenvalue weighted by Crippen LogP contribution is 2.42. The minimum atomic E-state index is 0.279. The normalized spacial score (nSPS) is 26.5. The third-order valence-corrected chi connectivity index (χ3v) is 3.09. The highest BCUT2D eigenvalue weighted by atomic mass is 16.1. The van der Waals surface area contributed by atoms with Crippen molar-refractivity contribution >= 4 is 6.29 Å². The second kappa shape index (κ2) is 3.33. The standard InChI is InChI=1S/C12H14O/c1-9-4-2-3-5-11(9)12-7-6-10(12)8-13/h2-5,8,10,12H,6-7H2,1H3. The van der Waals surface area contributed by atoms with Gasteiger partial charge in [-0.25, -0.2) is 0 Å². The van der Waals surface area contributed by atoms with Gasteiger partial charge in [-0.3, -0.25) is 0 Å². The summed E-state index contributed by atoms with van der Waals surface area (Å²) in [5.41, 5.74) is 2.69. The van der Waals surface area contributed by atoms with Crippen LogP contribution in [0.15, 0.2) is 24.3 Å². The summed E-state index contributed by atoms with van der Waals surface area (Å²) in [5.74, 6) is 0.778. The van der Waals surface area contributed by atoms with Crippen LogP contribution in [-0.2, 0) is 4.79 Å². The van der Waals surface area contributed by atoms with Crippen LogP contribution in [0.4, 0.5) is 0 Å². The van der Waals surface area contributed by atoms with E-state index in [1.54, 1.807) is 0 Å². The van der Waals surface area contributed by atoms with Gasteiger partial charge >= 0.3 is 0 Å². The Labute approximate surface area is 78.8 Å². The summed E-state index contributed by atoms with van der Waals surface area (Å²) in [6.07, 6.45) is 3.36. The third-order valence-electron chi connectivity index (χ3n) is 3.09. The Morgan fingerprint density at radius 1 is 1.31 bits per heavy atom. The fourth-order valence-electron chi connectivity index (χ4n) is 2.08. The molecular formula is C12H14O. The third kappa shape index (κ3) is 1.39. The first-order chi connectivity index (χ1) is 6.33. The number of benzene rings is 1. The van der Waals surface area contributed by atoms with Crippen molar-refractivity contribution < 1.29 is 4.79 Å². The minimum absolute atomic E-state index is 0.279. The maximum Gasteiger partial charge on any atom is 0.123 e. The molecule has 0 heterocycles. The molecule has 0 amide bonds. The summed E-state index contributed by atoms with van der Waals surface area (Å²) in [4.78, 5) is 10.7. The summed E-state index contributed by atoms with van der Waals surface area (Å²) in [6.45, 7) is 2.12. The largest absolute Gasteiger partial charge is 0.303 e. The van der Waals surface area contributed by atoms with Crippen molar-refractivity contribution in [1.29, 1.82) is 0 Å². The van der Waals surface area contributed by atoms with Gasteiger partial charge in [0, 0.05) is 5.92 Å². The molecule has 1 aromatic carbocycles. The Morgan fingerprint density at radius 3 is 2.62 bits per heavy atom. The van der Waals surface area contributed by atoms with Gasteiger partial charge in [0.15, 0.2) is 0 Å². The minimum Gasteiger partial charge on any atom is -0.303 e. The Hall–Kier alpha value is -1.11. The van der Waals surface area contributed by atoms with Gasteiger partial charge in [-0.05, 0) is 36.8 Å². The van der Waals surface area contributed by atoms with Gasteiger partial charge in [-0.1, -0.05) is 24.3 Å². The Bertz CT molecular complexity index is 317. The van der Waals surface area contributed by atoms with Crippen LogP contribution in [0.5, 0.6) is 0 Å². The van der Waals surface area contributed by atoms with Gasteiger partial charge in [0.2, 0.25) is 0 Å². The molecule has 2 unspecified atom stereocenters. The maximum atomic E-state index is 10.7. The molecule has 0 bridgehead atoms. The van der Waals surface area contributed by atoms with E-state index in [1.807, 2.05) is 6.07 Å². The second-order valence-corrected chi connectivity index (χ2v) is 3.84. The topological polar surface area (TPSA) is 17.1 Å². The molecule has 2 rings (SSSR count). The van der Waals surface area contributed by atoms with Crippen LogP contribution in [0.2, 0.25) is 0 Å². The summed E-state index contributed by atoms with van der Waals surface area (Å²) >= 11 is 0. The van der Waals surface area contributed by atoms with Crippen molar-refractivity contribution in [2.45, 2.75) is 25.7 Å². The summed E-state index contributed by atoms with van der Waals surface area (Å²) < 4.78 is 0. The van der Waals surface area contributed by atoms with Crippen LogP contribution in [0.25, 0.3) is 0 Å². The molecular weight excluding hydrogens is 160 g/mol. The predicted octanol–water partition coefficient (Wildman–Crippen LogP) is 2.69. The van der Waals surface area contributed by atoms with Crippen LogP contribution in [0.1, 0.15) is 29.9 Å². The van der Waals surface area contributed by atoms with Crippen LogP contribution < -0.4 is 0 Å². The van der Waals surface area contributed by atoms with E-state index < -0.39 is 0 Å². The smallest absolute Gasteiger partial charge is 0.123 e. The van der Waals surface area contributed by atoms with E-state index in [-0.39, 0.29) is 5.92 Å². The van der Waals surface area contributed by atoms with Crippen LogP contribution in [0.3, 0.4) is 0 Å². The lowest BCUT2D eigenvalue weighted by Crippen LogP contribution is -2.25. The van der Waals surface area contributed by atoms with Crippen molar-refractivity contribution in [2.75, 3.05) is 0 Å². The summed E-state index contributed by atoms with van der Waals surface area (Å²) in [7, 11) is 0. The maximum absolute atomic E-state index is 10.7. The molecule has 1 aliphatic carbocycles. The van der Waals surface area contributed by atoms with Crippen molar-refractivity contribution in [2.24, 2.45) is 5.92 Å². The number of rotatable bonds is 2. The van der Waals surface area contributed by atoms with Crippen molar-refractivity contribution in [3.8, 4) is 0 Å². The first-order valence-corrected chi connectivity index (χ1v) is 4.83. The zero-order chi connectivity index (χ0) is 9.26. The Morgan fingerprint density at radius 2 is 2.08 bits per heavy atom. The van der Waals surface area contributed by atoms with Gasteiger partial charge in [0.05, 0.1) is 0 Å². The molecule has 0 N–H and O–H groups in total. The SMILES string of the molecule is Cc1ccccc1C1CCC1C=O. The molecule has 0 radical (unpaired) electrons. The number of carbonyl (C=O) groups is 1. The average molecular weight is 174 g/mol. The van der Waals surface area contributed by atoms with Crippen molar-refractivity contribution in [1.82, 2.24) is 0 Å². The second-order valence-electron chi connectivity index (χ2n) is 3.84. The number of carbonyl (C=O) groups excluding carboxylic acids is 1. The summed E-state index contributed by atoms with van der Waals surface area (Å²) in [6, 6.07) is 8.38. The molecule has 1 saturated carbocycles. The van der Waals surface area contributed by atoms with Crippen molar-refractivity contribution in [3.63, 3.8) is 0 Å². The first-order valence-electron chi connectivity index (χ1n) is 4.83. The molecule has 0 aliphatic heterocycles. The van der Waals surface area contributed by atoms with Crippen LogP contribution in [0, 0.1) is 12.8 Å². The molecule has 1 heteroatoms. The number of aldehydes is 1. The van der Waals surface area contributed by atoms with Gasteiger partial charge < -0.3 is 4.79 Å². The average Bonchev–Trinajstić information content (AvgIpc) is 2.08. The molecule has 1 nitrogen and oxygen atoms in total. The van der Waals surface area contributed by atoms with Gasteiger partial charge in [-0.15, -0.1) is 0 Å². The highest BCUT2D eigenvalue weighted by molar-refractivity contribution is 5.58. The molecule has 2 atom stereocenters. The lowest BCUT2D eigenvalue weighted by atomic mass is 9.70. The monoisotopic (exact) mass is 174 g/mol. The molecule has 1 fully saturated rings. The highest BCUT2D eigenvalue weighted by Gasteiger charge is 2.32. The van der Waals surface area contributed by atoms with Gasteiger partial charge in [0.25, 0.3) is 0 Å². The molecule has 0 spiro atoms. The molecule has 13 heavy (non-hydrogen) atoms. The van der Waals surface area contributed by atoms with E-state index in [1.165, 1.54) is 17.5 Å². The number of hydrogen-bond acceptors (Lipinski definition) is 1. The van der Waals surface area contributed by atoms with Gasteiger partial charge in [0.1, 0.15) is 6.29 Å². The van der Waals surface area contributed by atoms with Crippen molar-refractivity contribution in [3.05, 3.63) is 35.4 Å². The molecule has 1 aromatic rings. The zero-order valence-electron chi connectivity index (χ0n) is 7.86. The molecule has 68 valence electrons. The quantitative estimate of drug-likeness (QED) is 0.630. The van der Waals surface area contributed by atoms with E-state index in [9.17, 15) is 4.79 Å². The first kappa shape index (κ1) is 8.49. The summed E-state index contributed by atoms with van der Waals surface area (Å²) in [5, 5.41) is 0. The van der Waals surface area contributed by atoms with E-state index in [0.29, 0.717) is 5.92 Å². The van der Waals surface area contributed by atoms with Gasteiger partial charge in [-0.2, -0.15) is 0 Å². The number of hydrogen-bond donors (Lipinski definition) is 0. The predicted molar refractivity (Wildman–Crippen MR) is 52.7 cm³/mol. The van der Waals surface area contributed by atoms with E-state index in [0.717, 1.165) is 12.7 Å². The van der Waals surface area contributed by atoms with E-state index in [4.69, 9.17) is 0 Å². The van der Waals surface area contributed by atoms with E-state index >= 15 is 0 Å².